The Hall–Kier alpha value is -2.87. The molecule has 0 saturated carbocycles. The molecule has 3 aromatic carbocycles. The molecule has 4 aromatic rings. The molecule has 0 fully saturated rings. The number of Topliss-reactive ketones (excluding diaryl/α,β-unsaturated/α-hetero) is 1. The molecule has 0 amide bonds. The number of ketones is 1. The Balaban J connectivity index is 2.07. The molecule has 0 unspecified atom stereocenters. The molecule has 0 saturated heterocycles. The molecule has 2 heteroatoms. The zero-order chi connectivity index (χ0) is 16.7. The Morgan fingerprint density at radius 2 is 1.46 bits per heavy atom. The van der Waals surface area contributed by atoms with Crippen molar-refractivity contribution < 1.29 is 4.79 Å². The van der Waals surface area contributed by atoms with E-state index < -0.39 is 0 Å². The number of para-hydroxylation sites is 2. The highest BCUT2D eigenvalue weighted by molar-refractivity contribution is 6.12. The van der Waals surface area contributed by atoms with Crippen molar-refractivity contribution in [2.45, 2.75) is 13.8 Å². The normalized spacial score (nSPS) is 11.5. The van der Waals surface area contributed by atoms with Crippen LogP contribution in [0.2, 0.25) is 0 Å². The minimum Gasteiger partial charge on any atom is -0.309 e. The van der Waals surface area contributed by atoms with E-state index in [1.165, 1.54) is 5.39 Å². The topological polar surface area (TPSA) is 22.0 Å². The highest BCUT2D eigenvalue weighted by atomic mass is 16.1. The molecule has 1 aromatic heterocycles. The summed E-state index contributed by atoms with van der Waals surface area (Å²) >= 11 is 0. The van der Waals surface area contributed by atoms with Crippen LogP contribution in [-0.4, -0.2) is 10.4 Å². The van der Waals surface area contributed by atoms with E-state index in [0.29, 0.717) is 0 Å². The fourth-order valence-corrected chi connectivity index (χ4v) is 3.31. The Morgan fingerprint density at radius 1 is 0.792 bits per heavy atom. The van der Waals surface area contributed by atoms with Gasteiger partial charge in [0.25, 0.3) is 0 Å². The fraction of sp³-hybridized carbons (Fsp3) is 0.136. The second-order valence-electron chi connectivity index (χ2n) is 6.44. The van der Waals surface area contributed by atoms with Gasteiger partial charge in [0, 0.05) is 27.9 Å². The maximum atomic E-state index is 12.4. The predicted molar refractivity (Wildman–Crippen MR) is 99.9 cm³/mol. The zero-order valence-electron chi connectivity index (χ0n) is 13.9. The SMILES string of the molecule is CC(C)C(=O)c1ccc2c(c1)c1ccccc1n2-c1ccccc1. The van der Waals surface area contributed by atoms with Crippen LogP contribution >= 0.6 is 0 Å². The second kappa shape index (κ2) is 5.64. The predicted octanol–water partition coefficient (Wildman–Crippen LogP) is 5.62. The van der Waals surface area contributed by atoms with E-state index in [4.69, 9.17) is 0 Å². The van der Waals surface area contributed by atoms with E-state index in [2.05, 4.69) is 41.0 Å². The molecule has 118 valence electrons. The number of fused-ring (bicyclic) bond motifs is 3. The third-order valence-electron chi connectivity index (χ3n) is 4.50. The second-order valence-corrected chi connectivity index (χ2v) is 6.44. The van der Waals surface area contributed by atoms with E-state index in [9.17, 15) is 4.79 Å². The van der Waals surface area contributed by atoms with Crippen molar-refractivity contribution in [3.63, 3.8) is 0 Å². The summed E-state index contributed by atoms with van der Waals surface area (Å²) in [6.07, 6.45) is 0. The van der Waals surface area contributed by atoms with Gasteiger partial charge in [0.2, 0.25) is 0 Å². The van der Waals surface area contributed by atoms with Crippen molar-refractivity contribution in [1.29, 1.82) is 0 Å². The third kappa shape index (κ3) is 2.23. The molecule has 4 rings (SSSR count). The van der Waals surface area contributed by atoms with Gasteiger partial charge >= 0.3 is 0 Å². The summed E-state index contributed by atoms with van der Waals surface area (Å²) in [6.45, 7) is 3.89. The maximum absolute atomic E-state index is 12.4. The monoisotopic (exact) mass is 313 g/mol. The van der Waals surface area contributed by atoms with Gasteiger partial charge in [-0.15, -0.1) is 0 Å². The highest BCUT2D eigenvalue weighted by Gasteiger charge is 2.15. The quantitative estimate of drug-likeness (QED) is 0.450. The zero-order valence-corrected chi connectivity index (χ0v) is 13.9. The van der Waals surface area contributed by atoms with Gasteiger partial charge in [-0.05, 0) is 36.4 Å². The number of aromatic nitrogens is 1. The molecule has 0 N–H and O–H groups in total. The minimum absolute atomic E-state index is 0.00456. The van der Waals surface area contributed by atoms with Crippen molar-refractivity contribution in [3.05, 3.63) is 78.4 Å². The van der Waals surface area contributed by atoms with Crippen LogP contribution in [0.5, 0.6) is 0 Å². The summed E-state index contributed by atoms with van der Waals surface area (Å²) in [5.41, 5.74) is 4.20. The molecule has 0 spiro atoms. The van der Waals surface area contributed by atoms with Gasteiger partial charge in [0.15, 0.2) is 5.78 Å². The molecule has 0 radical (unpaired) electrons. The van der Waals surface area contributed by atoms with Gasteiger partial charge < -0.3 is 4.57 Å². The van der Waals surface area contributed by atoms with Gasteiger partial charge in [-0.25, -0.2) is 0 Å². The summed E-state index contributed by atoms with van der Waals surface area (Å²) < 4.78 is 2.26. The summed E-state index contributed by atoms with van der Waals surface area (Å²) in [4.78, 5) is 12.4. The van der Waals surface area contributed by atoms with Crippen LogP contribution in [0.1, 0.15) is 24.2 Å². The van der Waals surface area contributed by atoms with E-state index in [0.717, 1.165) is 27.7 Å². The molecule has 1 heterocycles. The largest absolute Gasteiger partial charge is 0.309 e. The number of carbonyl (C=O) groups excluding carboxylic acids is 1. The average molecular weight is 313 g/mol. The first-order chi connectivity index (χ1) is 11.7. The molecular formula is C22H19NO. The summed E-state index contributed by atoms with van der Waals surface area (Å²) in [5.74, 6) is 0.193. The van der Waals surface area contributed by atoms with Crippen molar-refractivity contribution in [2.24, 2.45) is 5.92 Å². The number of benzene rings is 3. The van der Waals surface area contributed by atoms with Gasteiger partial charge in [0.1, 0.15) is 0 Å². The van der Waals surface area contributed by atoms with Crippen LogP contribution in [0.4, 0.5) is 0 Å². The van der Waals surface area contributed by atoms with Crippen LogP contribution in [0.3, 0.4) is 0 Å². The summed E-state index contributed by atoms with van der Waals surface area (Å²) in [7, 11) is 0. The molecule has 0 atom stereocenters. The Bertz CT molecular complexity index is 1040. The van der Waals surface area contributed by atoms with Gasteiger partial charge in [0.05, 0.1) is 11.0 Å². The van der Waals surface area contributed by atoms with Gasteiger partial charge in [-0.3, -0.25) is 4.79 Å². The van der Waals surface area contributed by atoms with Crippen molar-refractivity contribution in [1.82, 2.24) is 4.57 Å². The summed E-state index contributed by atoms with van der Waals surface area (Å²) in [6, 6.07) is 24.8. The molecular weight excluding hydrogens is 294 g/mol. The molecule has 2 nitrogen and oxygen atoms in total. The number of nitrogens with zero attached hydrogens (tertiary/aromatic N) is 1. The number of carbonyl (C=O) groups is 1. The Kier molecular flexibility index (Phi) is 3.46. The average Bonchev–Trinajstić information content (AvgIpc) is 2.95. The van der Waals surface area contributed by atoms with Crippen LogP contribution in [-0.2, 0) is 0 Å². The smallest absolute Gasteiger partial charge is 0.165 e. The number of rotatable bonds is 3. The van der Waals surface area contributed by atoms with Crippen LogP contribution in [0.15, 0.2) is 72.8 Å². The molecule has 0 aliphatic heterocycles. The molecule has 0 aliphatic rings. The van der Waals surface area contributed by atoms with Crippen molar-refractivity contribution in [2.75, 3.05) is 0 Å². The van der Waals surface area contributed by atoms with Crippen LogP contribution < -0.4 is 0 Å². The lowest BCUT2D eigenvalue weighted by Gasteiger charge is -2.08. The Labute approximate surface area is 141 Å². The minimum atomic E-state index is 0.00456. The maximum Gasteiger partial charge on any atom is 0.165 e. The van der Waals surface area contributed by atoms with Crippen molar-refractivity contribution in [3.8, 4) is 5.69 Å². The summed E-state index contributed by atoms with van der Waals surface area (Å²) in [5, 5.41) is 2.30. The lowest BCUT2D eigenvalue weighted by atomic mass is 9.99. The highest BCUT2D eigenvalue weighted by Crippen LogP contribution is 2.32. The van der Waals surface area contributed by atoms with E-state index >= 15 is 0 Å². The molecule has 0 bridgehead atoms. The van der Waals surface area contributed by atoms with E-state index in [1.807, 2.05) is 50.2 Å². The lowest BCUT2D eigenvalue weighted by Crippen LogP contribution is -2.07. The lowest BCUT2D eigenvalue weighted by molar-refractivity contribution is 0.0939. The standard InChI is InChI=1S/C22H19NO/c1-15(2)22(24)16-12-13-21-19(14-16)18-10-6-7-11-20(18)23(21)17-8-4-3-5-9-17/h3-15H,1-2H3. The van der Waals surface area contributed by atoms with E-state index in [-0.39, 0.29) is 11.7 Å². The van der Waals surface area contributed by atoms with Crippen molar-refractivity contribution >= 4 is 27.6 Å². The third-order valence-corrected chi connectivity index (χ3v) is 4.50. The Morgan fingerprint density at radius 3 is 2.21 bits per heavy atom. The first-order valence-electron chi connectivity index (χ1n) is 8.29. The van der Waals surface area contributed by atoms with Crippen LogP contribution in [0.25, 0.3) is 27.5 Å². The van der Waals surface area contributed by atoms with Gasteiger partial charge in [-0.1, -0.05) is 50.2 Å². The fourth-order valence-electron chi connectivity index (χ4n) is 3.31. The van der Waals surface area contributed by atoms with Gasteiger partial charge in [-0.2, -0.15) is 0 Å². The number of hydrogen-bond acceptors (Lipinski definition) is 1. The first kappa shape index (κ1) is 14.7. The number of hydrogen-bond donors (Lipinski definition) is 0. The van der Waals surface area contributed by atoms with E-state index in [1.54, 1.807) is 0 Å². The first-order valence-corrected chi connectivity index (χ1v) is 8.29. The van der Waals surface area contributed by atoms with Crippen LogP contribution in [0, 0.1) is 5.92 Å². The molecule has 0 aliphatic carbocycles. The molecule has 24 heavy (non-hydrogen) atoms.